The Morgan fingerprint density at radius 2 is 2.25 bits per heavy atom. The van der Waals surface area contributed by atoms with Crippen LogP contribution in [-0.4, -0.2) is 23.4 Å². The number of hydrogen-bond acceptors (Lipinski definition) is 2. The molecular weight excluding hydrogens is 222 g/mol. The minimum atomic E-state index is 0.750. The standard InChI is InChI=1S/C12H14ClN3/c1-14-5-6-16-9-11(8-15-16)10-3-2-4-12(13)7-10/h2-4,7-9,14H,5-6H2,1H3. The quantitative estimate of drug-likeness (QED) is 0.882. The highest BCUT2D eigenvalue weighted by atomic mass is 35.5. The molecule has 2 aromatic rings. The Morgan fingerprint density at radius 1 is 1.38 bits per heavy atom. The van der Waals surface area contributed by atoms with Gasteiger partial charge in [-0.2, -0.15) is 5.10 Å². The van der Waals surface area contributed by atoms with E-state index in [4.69, 9.17) is 11.6 Å². The number of likely N-dealkylation sites (N-methyl/N-ethyl adjacent to an activating group) is 1. The number of halogens is 1. The third-order valence-electron chi connectivity index (χ3n) is 2.38. The first kappa shape index (κ1) is 11.2. The Balaban J connectivity index is 2.18. The Kier molecular flexibility index (Phi) is 3.59. The van der Waals surface area contributed by atoms with Crippen LogP contribution in [-0.2, 0) is 6.54 Å². The van der Waals surface area contributed by atoms with Crippen LogP contribution in [0, 0.1) is 0 Å². The minimum absolute atomic E-state index is 0.750. The van der Waals surface area contributed by atoms with Crippen molar-refractivity contribution in [3.8, 4) is 11.1 Å². The van der Waals surface area contributed by atoms with Gasteiger partial charge in [0.05, 0.1) is 12.7 Å². The number of nitrogens with one attached hydrogen (secondary N) is 1. The van der Waals surface area contributed by atoms with Crippen molar-refractivity contribution in [2.24, 2.45) is 0 Å². The summed E-state index contributed by atoms with van der Waals surface area (Å²) in [6.45, 7) is 1.79. The molecule has 0 fully saturated rings. The van der Waals surface area contributed by atoms with Gasteiger partial charge in [0.25, 0.3) is 0 Å². The normalized spacial score (nSPS) is 10.6. The average molecular weight is 236 g/mol. The van der Waals surface area contributed by atoms with Crippen molar-refractivity contribution in [3.63, 3.8) is 0 Å². The molecule has 16 heavy (non-hydrogen) atoms. The van der Waals surface area contributed by atoms with Crippen molar-refractivity contribution in [1.82, 2.24) is 15.1 Å². The molecular formula is C12H14ClN3. The molecule has 1 N–H and O–H groups in total. The van der Waals surface area contributed by atoms with E-state index in [9.17, 15) is 0 Å². The van der Waals surface area contributed by atoms with Crippen LogP contribution in [0.2, 0.25) is 5.02 Å². The Morgan fingerprint density at radius 3 is 3.00 bits per heavy atom. The molecule has 0 saturated carbocycles. The van der Waals surface area contributed by atoms with E-state index >= 15 is 0 Å². The van der Waals surface area contributed by atoms with Crippen molar-refractivity contribution in [3.05, 3.63) is 41.7 Å². The number of rotatable bonds is 4. The third-order valence-corrected chi connectivity index (χ3v) is 2.62. The van der Waals surface area contributed by atoms with Gasteiger partial charge in [0.1, 0.15) is 0 Å². The molecule has 0 aliphatic heterocycles. The number of aromatic nitrogens is 2. The molecule has 0 bridgehead atoms. The summed E-state index contributed by atoms with van der Waals surface area (Å²) in [6, 6.07) is 7.80. The summed E-state index contributed by atoms with van der Waals surface area (Å²) in [7, 11) is 1.93. The van der Waals surface area contributed by atoms with Crippen LogP contribution in [0.15, 0.2) is 36.7 Å². The van der Waals surface area contributed by atoms with E-state index in [-0.39, 0.29) is 0 Å². The van der Waals surface area contributed by atoms with Gasteiger partial charge in [-0.3, -0.25) is 4.68 Å². The second-order valence-corrected chi connectivity index (χ2v) is 4.04. The maximum absolute atomic E-state index is 5.95. The highest BCUT2D eigenvalue weighted by Gasteiger charge is 2.01. The topological polar surface area (TPSA) is 29.9 Å². The lowest BCUT2D eigenvalue weighted by atomic mass is 10.1. The van der Waals surface area contributed by atoms with Gasteiger partial charge < -0.3 is 5.32 Å². The average Bonchev–Trinajstić information content (AvgIpc) is 2.75. The van der Waals surface area contributed by atoms with Crippen LogP contribution >= 0.6 is 11.6 Å². The van der Waals surface area contributed by atoms with Crippen LogP contribution in [0.1, 0.15) is 0 Å². The molecule has 0 radical (unpaired) electrons. The molecule has 0 amide bonds. The second kappa shape index (κ2) is 5.14. The van der Waals surface area contributed by atoms with E-state index in [0.717, 1.165) is 29.2 Å². The highest BCUT2D eigenvalue weighted by molar-refractivity contribution is 6.30. The lowest BCUT2D eigenvalue weighted by Crippen LogP contribution is -2.14. The zero-order chi connectivity index (χ0) is 11.4. The summed E-state index contributed by atoms with van der Waals surface area (Å²) in [6.07, 6.45) is 3.89. The predicted molar refractivity (Wildman–Crippen MR) is 66.6 cm³/mol. The first-order valence-corrected chi connectivity index (χ1v) is 5.60. The molecule has 1 aromatic carbocycles. The highest BCUT2D eigenvalue weighted by Crippen LogP contribution is 2.21. The van der Waals surface area contributed by atoms with E-state index in [1.807, 2.05) is 48.4 Å². The molecule has 0 unspecified atom stereocenters. The summed E-state index contributed by atoms with van der Waals surface area (Å²) < 4.78 is 1.92. The van der Waals surface area contributed by atoms with Gasteiger partial charge in [-0.15, -0.1) is 0 Å². The largest absolute Gasteiger partial charge is 0.318 e. The summed E-state index contributed by atoms with van der Waals surface area (Å²) in [4.78, 5) is 0. The Labute approximate surface area is 100 Å². The molecule has 1 heterocycles. The van der Waals surface area contributed by atoms with Crippen molar-refractivity contribution in [2.75, 3.05) is 13.6 Å². The fourth-order valence-corrected chi connectivity index (χ4v) is 1.72. The molecule has 0 spiro atoms. The van der Waals surface area contributed by atoms with Gasteiger partial charge in [-0.25, -0.2) is 0 Å². The molecule has 84 valence electrons. The fraction of sp³-hybridized carbons (Fsp3) is 0.250. The van der Waals surface area contributed by atoms with Gasteiger partial charge in [0.2, 0.25) is 0 Å². The van der Waals surface area contributed by atoms with Crippen LogP contribution < -0.4 is 5.32 Å². The fourth-order valence-electron chi connectivity index (χ4n) is 1.53. The van der Waals surface area contributed by atoms with Gasteiger partial charge in [-0.05, 0) is 24.7 Å². The molecule has 2 rings (SSSR count). The van der Waals surface area contributed by atoms with E-state index in [1.54, 1.807) is 0 Å². The van der Waals surface area contributed by atoms with E-state index in [0.29, 0.717) is 0 Å². The molecule has 1 aromatic heterocycles. The van der Waals surface area contributed by atoms with Crippen LogP contribution in [0.3, 0.4) is 0 Å². The second-order valence-electron chi connectivity index (χ2n) is 3.61. The molecule has 0 atom stereocenters. The van der Waals surface area contributed by atoms with Crippen molar-refractivity contribution < 1.29 is 0 Å². The summed E-state index contributed by atoms with van der Waals surface area (Å²) in [5.74, 6) is 0. The van der Waals surface area contributed by atoms with Gasteiger partial charge >= 0.3 is 0 Å². The predicted octanol–water partition coefficient (Wildman–Crippen LogP) is 2.42. The third kappa shape index (κ3) is 2.62. The lowest BCUT2D eigenvalue weighted by Gasteiger charge is -1.99. The van der Waals surface area contributed by atoms with Crippen molar-refractivity contribution in [1.29, 1.82) is 0 Å². The molecule has 4 heteroatoms. The molecule has 0 saturated heterocycles. The van der Waals surface area contributed by atoms with Gasteiger partial charge in [0, 0.05) is 23.3 Å². The zero-order valence-corrected chi connectivity index (χ0v) is 9.91. The van der Waals surface area contributed by atoms with Crippen molar-refractivity contribution in [2.45, 2.75) is 6.54 Å². The molecule has 0 aliphatic carbocycles. The summed E-state index contributed by atoms with van der Waals surface area (Å²) >= 11 is 5.95. The van der Waals surface area contributed by atoms with Crippen LogP contribution in [0.4, 0.5) is 0 Å². The lowest BCUT2D eigenvalue weighted by molar-refractivity contribution is 0.585. The maximum atomic E-state index is 5.95. The number of benzene rings is 1. The summed E-state index contributed by atoms with van der Waals surface area (Å²) in [5, 5.41) is 8.14. The van der Waals surface area contributed by atoms with E-state index in [1.165, 1.54) is 0 Å². The van der Waals surface area contributed by atoms with Crippen molar-refractivity contribution >= 4 is 11.6 Å². The minimum Gasteiger partial charge on any atom is -0.318 e. The monoisotopic (exact) mass is 235 g/mol. The zero-order valence-electron chi connectivity index (χ0n) is 9.15. The van der Waals surface area contributed by atoms with Crippen LogP contribution in [0.25, 0.3) is 11.1 Å². The van der Waals surface area contributed by atoms with Gasteiger partial charge in [-0.1, -0.05) is 23.7 Å². The molecule has 0 aliphatic rings. The van der Waals surface area contributed by atoms with E-state index < -0.39 is 0 Å². The maximum Gasteiger partial charge on any atom is 0.0568 e. The SMILES string of the molecule is CNCCn1cc(-c2cccc(Cl)c2)cn1. The first-order valence-electron chi connectivity index (χ1n) is 5.22. The Bertz CT molecular complexity index is 465. The number of hydrogen-bond donors (Lipinski definition) is 1. The van der Waals surface area contributed by atoms with Gasteiger partial charge in [0.15, 0.2) is 0 Å². The molecule has 3 nitrogen and oxygen atoms in total. The van der Waals surface area contributed by atoms with E-state index in [2.05, 4.69) is 10.4 Å². The summed E-state index contributed by atoms with van der Waals surface area (Å²) in [5.41, 5.74) is 2.20. The smallest absolute Gasteiger partial charge is 0.0568 e. The first-order chi connectivity index (χ1) is 7.79. The Hall–Kier alpha value is -1.32. The number of nitrogens with zero attached hydrogens (tertiary/aromatic N) is 2. The van der Waals surface area contributed by atoms with Crippen LogP contribution in [0.5, 0.6) is 0 Å².